The molecule has 2 nitrogen and oxygen atoms in total. The maximum atomic E-state index is 4.56. The average molecular weight is 262 g/mol. The molecule has 0 aromatic heterocycles. The number of thioether (sulfide) groups is 2. The normalized spacial score (nSPS) is 30.5. The molecule has 1 saturated heterocycles. The van der Waals surface area contributed by atoms with Crippen molar-refractivity contribution in [2.24, 2.45) is 9.98 Å². The lowest BCUT2D eigenvalue weighted by molar-refractivity contribution is 0.805. The van der Waals surface area contributed by atoms with Gasteiger partial charge in [0.25, 0.3) is 0 Å². The third-order valence-electron chi connectivity index (χ3n) is 1.82. The highest BCUT2D eigenvalue weighted by Gasteiger charge is 2.32. The highest BCUT2D eigenvalue weighted by atomic mass is 32.2. The van der Waals surface area contributed by atoms with Crippen molar-refractivity contribution in [3.63, 3.8) is 0 Å². The second-order valence-electron chi connectivity index (χ2n) is 2.78. The first-order chi connectivity index (χ1) is 6.77. The maximum Gasteiger partial charge on any atom is 0.0623 e. The van der Waals surface area contributed by atoms with Gasteiger partial charge in [-0.25, -0.2) is 9.98 Å². The molecule has 1 rings (SSSR count). The second-order valence-corrected chi connectivity index (χ2v) is 6.61. The van der Waals surface area contributed by atoms with Crippen LogP contribution in [0.3, 0.4) is 0 Å². The Labute approximate surface area is 103 Å². The third kappa shape index (κ3) is 3.81. The Balaban J connectivity index is 2.52. The first-order valence-corrected chi connectivity index (χ1v) is 6.86. The molecular weight excluding hydrogens is 252 g/mol. The lowest BCUT2D eigenvalue weighted by Crippen LogP contribution is -2.21. The van der Waals surface area contributed by atoms with Gasteiger partial charge in [0.2, 0.25) is 0 Å². The summed E-state index contributed by atoms with van der Waals surface area (Å²) in [6.07, 6.45) is 0. The quantitative estimate of drug-likeness (QED) is 0.574. The van der Waals surface area contributed by atoms with Gasteiger partial charge in [0.15, 0.2) is 0 Å². The van der Waals surface area contributed by atoms with Crippen molar-refractivity contribution in [2.45, 2.75) is 22.0 Å². The van der Waals surface area contributed by atoms with Gasteiger partial charge < -0.3 is 0 Å². The molecule has 1 aliphatic heterocycles. The minimum absolute atomic E-state index is 0.484. The standard InChI is InChI=1S/C8H10N2S4/c1-6-13-7(2-9-4-11)8(14-6)3-10-5-12/h6-8H,2-3H2,1H3. The number of thiocarbonyl (C=S) groups is 2. The Kier molecular flexibility index (Phi) is 5.94. The van der Waals surface area contributed by atoms with E-state index in [0.29, 0.717) is 15.1 Å². The van der Waals surface area contributed by atoms with Crippen molar-refractivity contribution in [3.8, 4) is 0 Å². The predicted octanol–water partition coefficient (Wildman–Crippen LogP) is 2.76. The number of nitrogens with zero attached hydrogens (tertiary/aromatic N) is 2. The molecule has 0 aromatic carbocycles. The molecule has 14 heavy (non-hydrogen) atoms. The first-order valence-electron chi connectivity index (χ1n) is 4.16. The van der Waals surface area contributed by atoms with Gasteiger partial charge in [0.1, 0.15) is 0 Å². The van der Waals surface area contributed by atoms with Crippen LogP contribution in [0, 0.1) is 0 Å². The molecule has 1 heterocycles. The van der Waals surface area contributed by atoms with Gasteiger partial charge in [-0.05, 0) is 31.4 Å². The smallest absolute Gasteiger partial charge is 0.0623 e. The van der Waals surface area contributed by atoms with E-state index >= 15 is 0 Å². The maximum absolute atomic E-state index is 4.56. The zero-order valence-corrected chi connectivity index (χ0v) is 10.9. The van der Waals surface area contributed by atoms with E-state index in [-0.39, 0.29) is 0 Å². The summed E-state index contributed by atoms with van der Waals surface area (Å²) in [6, 6.07) is 0. The predicted molar refractivity (Wildman–Crippen MR) is 72.0 cm³/mol. The monoisotopic (exact) mass is 262 g/mol. The van der Waals surface area contributed by atoms with Gasteiger partial charge in [-0.2, -0.15) is 0 Å². The number of aliphatic imine (C=N–C) groups is 2. The number of hydrogen-bond acceptors (Lipinski definition) is 6. The fourth-order valence-electron chi connectivity index (χ4n) is 1.28. The van der Waals surface area contributed by atoms with E-state index in [9.17, 15) is 0 Å². The number of rotatable bonds is 4. The van der Waals surface area contributed by atoms with Crippen LogP contribution in [-0.2, 0) is 0 Å². The Morgan fingerprint density at radius 2 is 1.50 bits per heavy atom. The zero-order chi connectivity index (χ0) is 10.4. The molecule has 0 aliphatic carbocycles. The van der Waals surface area contributed by atoms with Crippen molar-refractivity contribution < 1.29 is 0 Å². The molecule has 0 aromatic rings. The van der Waals surface area contributed by atoms with E-state index in [1.54, 1.807) is 0 Å². The van der Waals surface area contributed by atoms with Gasteiger partial charge in [0, 0.05) is 15.1 Å². The lowest BCUT2D eigenvalue weighted by atomic mass is 10.3. The number of isothiocyanates is 2. The van der Waals surface area contributed by atoms with Crippen LogP contribution in [0.15, 0.2) is 9.98 Å². The van der Waals surface area contributed by atoms with Crippen LogP contribution in [0.2, 0.25) is 0 Å². The summed E-state index contributed by atoms with van der Waals surface area (Å²) in [5, 5.41) is 5.78. The second kappa shape index (κ2) is 6.72. The van der Waals surface area contributed by atoms with Crippen molar-refractivity contribution >= 4 is 58.3 Å². The van der Waals surface area contributed by atoms with E-state index < -0.39 is 0 Å². The van der Waals surface area contributed by atoms with E-state index in [1.165, 1.54) is 0 Å². The van der Waals surface area contributed by atoms with E-state index in [0.717, 1.165) is 13.1 Å². The first kappa shape index (κ1) is 12.4. The molecule has 1 fully saturated rings. The summed E-state index contributed by atoms with van der Waals surface area (Å²) >= 11 is 13.0. The molecule has 0 spiro atoms. The molecule has 6 heteroatoms. The average Bonchev–Trinajstić information content (AvgIpc) is 2.52. The van der Waals surface area contributed by atoms with E-state index in [2.05, 4.69) is 51.7 Å². The van der Waals surface area contributed by atoms with Gasteiger partial charge >= 0.3 is 0 Å². The summed E-state index contributed by atoms with van der Waals surface area (Å²) in [6.45, 7) is 3.68. The van der Waals surface area contributed by atoms with Crippen LogP contribution in [0.5, 0.6) is 0 Å². The summed E-state index contributed by atoms with van der Waals surface area (Å²) in [5.74, 6) is 0. The van der Waals surface area contributed by atoms with Gasteiger partial charge in [-0.3, -0.25) is 0 Å². The fourth-order valence-corrected chi connectivity index (χ4v) is 4.75. The van der Waals surface area contributed by atoms with Crippen molar-refractivity contribution in [2.75, 3.05) is 13.1 Å². The molecule has 0 radical (unpaired) electrons. The summed E-state index contributed by atoms with van der Waals surface area (Å²) in [4.78, 5) is 7.98. The van der Waals surface area contributed by atoms with Crippen molar-refractivity contribution in [1.29, 1.82) is 0 Å². The van der Waals surface area contributed by atoms with Crippen LogP contribution in [0.4, 0.5) is 0 Å². The largest absolute Gasteiger partial charge is 0.231 e. The van der Waals surface area contributed by atoms with Gasteiger partial charge in [0.05, 0.1) is 23.4 Å². The van der Waals surface area contributed by atoms with Crippen LogP contribution in [0.25, 0.3) is 0 Å². The fraction of sp³-hybridized carbons (Fsp3) is 0.750. The Morgan fingerprint density at radius 3 is 1.86 bits per heavy atom. The molecule has 1 aliphatic rings. The minimum Gasteiger partial charge on any atom is -0.231 e. The number of hydrogen-bond donors (Lipinski definition) is 0. The van der Waals surface area contributed by atoms with Crippen molar-refractivity contribution in [1.82, 2.24) is 0 Å². The lowest BCUT2D eigenvalue weighted by Gasteiger charge is -2.11. The van der Waals surface area contributed by atoms with Crippen molar-refractivity contribution in [3.05, 3.63) is 0 Å². The van der Waals surface area contributed by atoms with E-state index in [4.69, 9.17) is 0 Å². The van der Waals surface area contributed by atoms with Gasteiger partial charge in [-0.1, -0.05) is 0 Å². The SMILES string of the molecule is CC1SC(CN=C=S)C(CN=C=S)S1. The van der Waals surface area contributed by atoms with Crippen LogP contribution >= 0.6 is 48.0 Å². The van der Waals surface area contributed by atoms with Gasteiger partial charge in [-0.15, -0.1) is 23.5 Å². The Morgan fingerprint density at radius 1 is 1.07 bits per heavy atom. The summed E-state index contributed by atoms with van der Waals surface area (Å²) in [7, 11) is 0. The Hall–Kier alpha value is 0.300. The minimum atomic E-state index is 0.484. The molecule has 0 bridgehead atoms. The molecular formula is C8H10N2S4. The molecule has 0 N–H and O–H groups in total. The summed E-state index contributed by atoms with van der Waals surface area (Å²) < 4.78 is 0.602. The highest BCUT2D eigenvalue weighted by Crippen LogP contribution is 2.43. The summed E-state index contributed by atoms with van der Waals surface area (Å²) in [5.41, 5.74) is 0. The molecule has 0 amide bonds. The third-order valence-corrected chi connectivity index (χ3v) is 5.34. The zero-order valence-electron chi connectivity index (χ0n) is 7.67. The highest BCUT2D eigenvalue weighted by molar-refractivity contribution is 8.20. The topological polar surface area (TPSA) is 24.7 Å². The van der Waals surface area contributed by atoms with E-state index in [1.807, 2.05) is 23.5 Å². The molecule has 76 valence electrons. The Bertz CT molecular complexity index is 253. The van der Waals surface area contributed by atoms with Crippen LogP contribution in [0.1, 0.15) is 6.92 Å². The molecule has 2 unspecified atom stereocenters. The molecule has 2 atom stereocenters. The van der Waals surface area contributed by atoms with Crippen LogP contribution < -0.4 is 0 Å². The molecule has 0 saturated carbocycles. The van der Waals surface area contributed by atoms with Crippen LogP contribution in [-0.4, -0.2) is 38.5 Å².